The Morgan fingerprint density at radius 2 is 1.81 bits per heavy atom. The van der Waals surface area contributed by atoms with E-state index in [-0.39, 0.29) is 11.8 Å². The first kappa shape index (κ1) is 12.2. The molecule has 1 aromatic rings. The summed E-state index contributed by atoms with van der Waals surface area (Å²) in [5.74, 6) is -1.62. The molecule has 0 aliphatic heterocycles. The summed E-state index contributed by atoms with van der Waals surface area (Å²) >= 11 is 0. The van der Waals surface area contributed by atoms with E-state index in [1.165, 1.54) is 6.92 Å². The van der Waals surface area contributed by atoms with Crippen LogP contribution < -0.4 is 5.32 Å². The third-order valence-corrected chi connectivity index (χ3v) is 2.45. The van der Waals surface area contributed by atoms with Gasteiger partial charge in [-0.1, -0.05) is 37.3 Å². The molecule has 0 unspecified atom stereocenters. The number of hydrogen-bond acceptors (Lipinski definition) is 2. The number of rotatable bonds is 4. The van der Waals surface area contributed by atoms with Crippen molar-refractivity contribution in [1.82, 2.24) is 5.32 Å². The SMILES string of the molecule is CC(=O)N[C@H](C(=O)O)[C@H](C)c1ccccc1. The van der Waals surface area contributed by atoms with Crippen molar-refractivity contribution in [3.63, 3.8) is 0 Å². The molecule has 0 aliphatic carbocycles. The number of hydrogen-bond donors (Lipinski definition) is 2. The van der Waals surface area contributed by atoms with Crippen molar-refractivity contribution in [1.29, 1.82) is 0 Å². The summed E-state index contributed by atoms with van der Waals surface area (Å²) in [7, 11) is 0. The molecule has 0 fully saturated rings. The van der Waals surface area contributed by atoms with E-state index in [2.05, 4.69) is 5.32 Å². The summed E-state index contributed by atoms with van der Waals surface area (Å²) in [5, 5.41) is 11.5. The van der Waals surface area contributed by atoms with E-state index < -0.39 is 12.0 Å². The Labute approximate surface area is 94.3 Å². The van der Waals surface area contributed by atoms with Crippen LogP contribution in [0.4, 0.5) is 0 Å². The molecule has 1 aromatic carbocycles. The van der Waals surface area contributed by atoms with Crippen LogP contribution in [-0.2, 0) is 9.59 Å². The predicted octanol–water partition coefficient (Wildman–Crippen LogP) is 1.38. The van der Waals surface area contributed by atoms with Gasteiger partial charge in [-0.3, -0.25) is 4.79 Å². The average molecular weight is 221 g/mol. The van der Waals surface area contributed by atoms with Crippen molar-refractivity contribution in [2.75, 3.05) is 0 Å². The molecule has 4 heteroatoms. The summed E-state index contributed by atoms with van der Waals surface area (Å²) < 4.78 is 0. The van der Waals surface area contributed by atoms with Gasteiger partial charge in [-0.25, -0.2) is 4.79 Å². The molecule has 1 amide bonds. The van der Waals surface area contributed by atoms with Gasteiger partial charge in [0.2, 0.25) is 5.91 Å². The van der Waals surface area contributed by atoms with Gasteiger partial charge in [0.1, 0.15) is 6.04 Å². The van der Waals surface area contributed by atoms with Gasteiger partial charge in [-0.15, -0.1) is 0 Å². The summed E-state index contributed by atoms with van der Waals surface area (Å²) in [4.78, 5) is 22.0. The molecule has 0 radical (unpaired) electrons. The van der Waals surface area contributed by atoms with Gasteiger partial charge in [0.25, 0.3) is 0 Å². The van der Waals surface area contributed by atoms with E-state index in [0.29, 0.717) is 0 Å². The number of aliphatic carboxylic acids is 1. The molecule has 0 heterocycles. The summed E-state index contributed by atoms with van der Waals surface area (Å²) in [6, 6.07) is 8.37. The Balaban J connectivity index is 2.87. The summed E-state index contributed by atoms with van der Waals surface area (Å²) in [6.07, 6.45) is 0. The lowest BCUT2D eigenvalue weighted by Crippen LogP contribution is -2.43. The van der Waals surface area contributed by atoms with Crippen molar-refractivity contribution in [3.05, 3.63) is 35.9 Å². The van der Waals surface area contributed by atoms with Crippen LogP contribution in [0.2, 0.25) is 0 Å². The van der Waals surface area contributed by atoms with Gasteiger partial charge >= 0.3 is 5.97 Å². The minimum absolute atomic E-state index is 0.261. The highest BCUT2D eigenvalue weighted by atomic mass is 16.4. The first-order valence-corrected chi connectivity index (χ1v) is 5.07. The normalized spacial score (nSPS) is 13.9. The Morgan fingerprint density at radius 3 is 2.25 bits per heavy atom. The van der Waals surface area contributed by atoms with Gasteiger partial charge in [0.05, 0.1) is 0 Å². The molecule has 1 rings (SSSR count). The largest absolute Gasteiger partial charge is 0.480 e. The molecular formula is C12H15NO3. The molecule has 0 spiro atoms. The number of carbonyl (C=O) groups excluding carboxylic acids is 1. The molecule has 0 saturated carbocycles. The van der Waals surface area contributed by atoms with Gasteiger partial charge in [0, 0.05) is 12.8 Å². The van der Waals surface area contributed by atoms with E-state index in [0.717, 1.165) is 5.56 Å². The maximum absolute atomic E-state index is 11.0. The molecule has 0 bridgehead atoms. The average Bonchev–Trinajstić information content (AvgIpc) is 2.25. The lowest BCUT2D eigenvalue weighted by Gasteiger charge is -2.21. The van der Waals surface area contributed by atoms with E-state index in [9.17, 15) is 9.59 Å². The lowest BCUT2D eigenvalue weighted by atomic mass is 9.93. The molecule has 2 atom stereocenters. The van der Waals surface area contributed by atoms with Crippen LogP contribution in [0.15, 0.2) is 30.3 Å². The quantitative estimate of drug-likeness (QED) is 0.807. The third kappa shape index (κ3) is 3.08. The van der Waals surface area contributed by atoms with E-state index >= 15 is 0 Å². The fraction of sp³-hybridized carbons (Fsp3) is 0.333. The van der Waals surface area contributed by atoms with Crippen LogP contribution in [0.25, 0.3) is 0 Å². The van der Waals surface area contributed by atoms with Crippen molar-refractivity contribution < 1.29 is 14.7 Å². The molecule has 16 heavy (non-hydrogen) atoms. The number of amides is 1. The maximum atomic E-state index is 11.0. The van der Waals surface area contributed by atoms with E-state index in [1.54, 1.807) is 6.92 Å². The highest BCUT2D eigenvalue weighted by molar-refractivity contribution is 5.83. The first-order valence-electron chi connectivity index (χ1n) is 5.07. The van der Waals surface area contributed by atoms with Crippen molar-refractivity contribution in [2.24, 2.45) is 0 Å². The molecule has 0 saturated heterocycles. The molecular weight excluding hydrogens is 206 g/mol. The zero-order valence-electron chi connectivity index (χ0n) is 9.31. The van der Waals surface area contributed by atoms with Crippen LogP contribution in [0.5, 0.6) is 0 Å². The number of benzene rings is 1. The van der Waals surface area contributed by atoms with Crippen LogP contribution in [0.1, 0.15) is 25.3 Å². The zero-order valence-corrected chi connectivity index (χ0v) is 9.31. The second-order valence-corrected chi connectivity index (χ2v) is 3.72. The third-order valence-electron chi connectivity index (χ3n) is 2.45. The highest BCUT2D eigenvalue weighted by Crippen LogP contribution is 2.18. The second kappa shape index (κ2) is 5.30. The van der Waals surface area contributed by atoms with Crippen LogP contribution in [0.3, 0.4) is 0 Å². The Morgan fingerprint density at radius 1 is 1.25 bits per heavy atom. The number of carbonyl (C=O) groups is 2. The fourth-order valence-corrected chi connectivity index (χ4v) is 1.57. The molecule has 4 nitrogen and oxygen atoms in total. The highest BCUT2D eigenvalue weighted by Gasteiger charge is 2.26. The van der Waals surface area contributed by atoms with E-state index in [1.807, 2.05) is 30.3 Å². The van der Waals surface area contributed by atoms with Gasteiger partial charge in [-0.2, -0.15) is 0 Å². The number of nitrogens with one attached hydrogen (secondary N) is 1. The molecule has 2 N–H and O–H groups in total. The van der Waals surface area contributed by atoms with Crippen molar-refractivity contribution in [2.45, 2.75) is 25.8 Å². The Kier molecular flexibility index (Phi) is 4.05. The molecule has 0 aliphatic rings. The van der Waals surface area contributed by atoms with Crippen LogP contribution >= 0.6 is 0 Å². The molecule has 0 aromatic heterocycles. The van der Waals surface area contributed by atoms with Crippen molar-refractivity contribution in [3.8, 4) is 0 Å². The zero-order chi connectivity index (χ0) is 12.1. The van der Waals surface area contributed by atoms with Crippen molar-refractivity contribution >= 4 is 11.9 Å². The minimum atomic E-state index is -1.02. The lowest BCUT2D eigenvalue weighted by molar-refractivity contribution is -0.142. The van der Waals surface area contributed by atoms with Crippen LogP contribution in [-0.4, -0.2) is 23.0 Å². The van der Waals surface area contributed by atoms with Gasteiger partial charge in [-0.05, 0) is 5.56 Å². The maximum Gasteiger partial charge on any atom is 0.326 e. The van der Waals surface area contributed by atoms with Gasteiger partial charge in [0.15, 0.2) is 0 Å². The second-order valence-electron chi connectivity index (χ2n) is 3.72. The standard InChI is InChI=1S/C12H15NO3/c1-8(10-6-4-3-5-7-10)11(12(15)16)13-9(2)14/h3-8,11H,1-2H3,(H,13,14)(H,15,16)/t8-,11+/m1/s1. The summed E-state index contributed by atoms with van der Waals surface area (Å²) in [5.41, 5.74) is 0.892. The molecule has 86 valence electrons. The monoisotopic (exact) mass is 221 g/mol. The first-order chi connectivity index (χ1) is 7.52. The van der Waals surface area contributed by atoms with Crippen LogP contribution in [0, 0.1) is 0 Å². The Hall–Kier alpha value is -1.84. The smallest absolute Gasteiger partial charge is 0.326 e. The number of carboxylic acid groups (broad SMARTS) is 1. The number of carboxylic acids is 1. The Bertz CT molecular complexity index is 375. The van der Waals surface area contributed by atoms with Gasteiger partial charge < -0.3 is 10.4 Å². The predicted molar refractivity (Wildman–Crippen MR) is 60.1 cm³/mol. The minimum Gasteiger partial charge on any atom is -0.480 e. The summed E-state index contributed by atoms with van der Waals surface area (Å²) in [6.45, 7) is 3.09. The topological polar surface area (TPSA) is 66.4 Å². The fourth-order valence-electron chi connectivity index (χ4n) is 1.57. The van der Waals surface area contributed by atoms with E-state index in [4.69, 9.17) is 5.11 Å².